The van der Waals surface area contributed by atoms with Crippen molar-refractivity contribution in [2.24, 2.45) is 7.05 Å². The fourth-order valence-electron chi connectivity index (χ4n) is 3.18. The van der Waals surface area contributed by atoms with E-state index in [1.165, 1.54) is 17.7 Å². The third kappa shape index (κ3) is 5.07. The van der Waals surface area contributed by atoms with Gasteiger partial charge >= 0.3 is 0 Å². The Hall–Kier alpha value is -3.48. The van der Waals surface area contributed by atoms with Gasteiger partial charge in [0.05, 0.1) is 12.7 Å². The van der Waals surface area contributed by atoms with Crippen molar-refractivity contribution in [3.8, 4) is 0 Å². The number of hydrogen-bond acceptors (Lipinski definition) is 4. The van der Waals surface area contributed by atoms with Crippen LogP contribution < -0.4 is 10.9 Å². The molecule has 7 nitrogen and oxygen atoms in total. The van der Waals surface area contributed by atoms with E-state index in [0.29, 0.717) is 24.9 Å². The third-order valence-corrected chi connectivity index (χ3v) is 4.70. The number of amides is 1. The number of carbonyl (C=O) groups excluding carboxylic acids is 2. The summed E-state index contributed by atoms with van der Waals surface area (Å²) in [6.45, 7) is 0.292. The van der Waals surface area contributed by atoms with Gasteiger partial charge in [0.2, 0.25) is 0 Å². The third-order valence-electron chi connectivity index (χ3n) is 4.70. The summed E-state index contributed by atoms with van der Waals surface area (Å²) in [4.78, 5) is 37.7. The highest BCUT2D eigenvalue weighted by Crippen LogP contribution is 2.11. The molecule has 0 unspecified atom stereocenters. The molecule has 0 saturated heterocycles. The zero-order valence-electron chi connectivity index (χ0n) is 16.6. The molecule has 150 valence electrons. The second kappa shape index (κ2) is 9.14. The van der Waals surface area contributed by atoms with Crippen molar-refractivity contribution >= 4 is 11.7 Å². The van der Waals surface area contributed by atoms with Gasteiger partial charge in [0.15, 0.2) is 5.78 Å². The van der Waals surface area contributed by atoms with Crippen LogP contribution in [0.4, 0.5) is 0 Å². The molecule has 3 rings (SSSR count). The van der Waals surface area contributed by atoms with Crippen molar-refractivity contribution in [2.45, 2.75) is 25.8 Å². The molecule has 0 spiro atoms. The van der Waals surface area contributed by atoms with Crippen LogP contribution in [-0.2, 0) is 20.0 Å². The Kier molecular flexibility index (Phi) is 6.39. The summed E-state index contributed by atoms with van der Waals surface area (Å²) in [5.41, 5.74) is 1.91. The monoisotopic (exact) mass is 392 g/mol. The van der Waals surface area contributed by atoms with E-state index in [0.717, 1.165) is 17.5 Å². The summed E-state index contributed by atoms with van der Waals surface area (Å²) < 4.78 is 3.15. The first kappa shape index (κ1) is 20.3. The molecule has 1 amide bonds. The Morgan fingerprint density at radius 2 is 1.86 bits per heavy atom. The molecule has 0 aliphatic carbocycles. The van der Waals surface area contributed by atoms with Crippen molar-refractivity contribution in [3.05, 3.63) is 87.6 Å². The summed E-state index contributed by atoms with van der Waals surface area (Å²) >= 11 is 0. The number of Topliss-reactive ketones (excluding diaryl/α,β-unsaturated/α-hetero) is 1. The standard InChI is InChI=1S/C22H24N4O3/c1-23-21(28)19-11-18(20(27)10-6-9-17-12-24-25(2)13-17)15-26(22(19)29)14-16-7-4-3-5-8-16/h3-5,7-8,11-13,15H,6,9-10,14H2,1-2H3,(H,23,28). The number of nitrogens with zero attached hydrogens (tertiary/aromatic N) is 3. The zero-order chi connectivity index (χ0) is 20.8. The molecule has 0 aliphatic rings. The summed E-state index contributed by atoms with van der Waals surface area (Å²) in [5, 5.41) is 6.60. The maximum atomic E-state index is 12.8. The summed E-state index contributed by atoms with van der Waals surface area (Å²) in [6, 6.07) is 10.9. The number of nitrogens with one attached hydrogen (secondary N) is 1. The molecule has 3 aromatic rings. The maximum Gasteiger partial charge on any atom is 0.263 e. The van der Waals surface area contributed by atoms with Crippen LogP contribution in [-0.4, -0.2) is 33.1 Å². The number of aromatic nitrogens is 3. The van der Waals surface area contributed by atoms with Gasteiger partial charge in [0.1, 0.15) is 5.56 Å². The van der Waals surface area contributed by atoms with Crippen molar-refractivity contribution in [2.75, 3.05) is 7.05 Å². The molecule has 2 aromatic heterocycles. The zero-order valence-corrected chi connectivity index (χ0v) is 16.6. The van der Waals surface area contributed by atoms with E-state index in [1.807, 2.05) is 43.6 Å². The molecule has 0 radical (unpaired) electrons. The predicted molar refractivity (Wildman–Crippen MR) is 110 cm³/mol. The van der Waals surface area contributed by atoms with Gasteiger partial charge in [-0.3, -0.25) is 19.1 Å². The fraction of sp³-hybridized carbons (Fsp3) is 0.273. The van der Waals surface area contributed by atoms with Gasteiger partial charge in [0.25, 0.3) is 11.5 Å². The quantitative estimate of drug-likeness (QED) is 0.596. The lowest BCUT2D eigenvalue weighted by atomic mass is 10.0. The second-order valence-corrected chi connectivity index (χ2v) is 6.94. The lowest BCUT2D eigenvalue weighted by Gasteiger charge is -2.11. The van der Waals surface area contributed by atoms with Crippen LogP contribution >= 0.6 is 0 Å². The second-order valence-electron chi connectivity index (χ2n) is 6.94. The van der Waals surface area contributed by atoms with Crippen LogP contribution in [0.1, 0.15) is 44.7 Å². The van der Waals surface area contributed by atoms with Gasteiger partial charge in [-0.25, -0.2) is 0 Å². The Morgan fingerprint density at radius 3 is 2.52 bits per heavy atom. The van der Waals surface area contributed by atoms with E-state index in [9.17, 15) is 14.4 Å². The number of carbonyl (C=O) groups is 2. The van der Waals surface area contributed by atoms with E-state index in [2.05, 4.69) is 10.4 Å². The van der Waals surface area contributed by atoms with E-state index in [-0.39, 0.29) is 11.3 Å². The maximum absolute atomic E-state index is 12.8. The SMILES string of the molecule is CNC(=O)c1cc(C(=O)CCCc2cnn(C)c2)cn(Cc2ccccc2)c1=O. The molecule has 0 aliphatic heterocycles. The lowest BCUT2D eigenvalue weighted by molar-refractivity contribution is 0.0961. The van der Waals surface area contributed by atoms with Crippen LogP contribution in [0.5, 0.6) is 0 Å². The van der Waals surface area contributed by atoms with Crippen molar-refractivity contribution < 1.29 is 9.59 Å². The average molecular weight is 392 g/mol. The molecule has 2 heterocycles. The number of pyridine rings is 1. The van der Waals surface area contributed by atoms with Gasteiger partial charge in [-0.15, -0.1) is 0 Å². The highest BCUT2D eigenvalue weighted by molar-refractivity contribution is 6.00. The van der Waals surface area contributed by atoms with E-state index >= 15 is 0 Å². The first-order valence-electron chi connectivity index (χ1n) is 9.49. The van der Waals surface area contributed by atoms with Gasteiger partial charge in [-0.05, 0) is 30.0 Å². The van der Waals surface area contributed by atoms with Gasteiger partial charge in [-0.1, -0.05) is 30.3 Å². The molecular formula is C22H24N4O3. The van der Waals surface area contributed by atoms with Crippen molar-refractivity contribution in [1.29, 1.82) is 0 Å². The molecule has 7 heteroatoms. The van der Waals surface area contributed by atoms with Crippen molar-refractivity contribution in [1.82, 2.24) is 19.7 Å². The molecule has 1 N–H and O–H groups in total. The average Bonchev–Trinajstić information content (AvgIpc) is 3.14. The predicted octanol–water partition coefficient (Wildman–Crippen LogP) is 2.20. The Labute approximate surface area is 169 Å². The minimum absolute atomic E-state index is 0.0264. The van der Waals surface area contributed by atoms with E-state index in [1.54, 1.807) is 17.1 Å². The molecule has 0 bridgehead atoms. The first-order valence-corrected chi connectivity index (χ1v) is 9.49. The van der Waals surface area contributed by atoms with Crippen LogP contribution in [0, 0.1) is 0 Å². The molecular weight excluding hydrogens is 368 g/mol. The van der Waals surface area contributed by atoms with E-state index in [4.69, 9.17) is 0 Å². The first-order chi connectivity index (χ1) is 14.0. The van der Waals surface area contributed by atoms with Crippen molar-refractivity contribution in [3.63, 3.8) is 0 Å². The summed E-state index contributed by atoms with van der Waals surface area (Å²) in [5.74, 6) is -0.595. The topological polar surface area (TPSA) is 86.0 Å². The van der Waals surface area contributed by atoms with Crippen LogP contribution in [0.25, 0.3) is 0 Å². The highest BCUT2D eigenvalue weighted by atomic mass is 16.2. The van der Waals surface area contributed by atoms with Gasteiger partial charge < -0.3 is 9.88 Å². The molecule has 29 heavy (non-hydrogen) atoms. The Bertz CT molecular complexity index is 1070. The molecule has 1 aromatic carbocycles. The summed E-state index contributed by atoms with van der Waals surface area (Å²) in [7, 11) is 3.32. The Morgan fingerprint density at radius 1 is 1.10 bits per heavy atom. The molecule has 0 fully saturated rings. The normalized spacial score (nSPS) is 10.7. The molecule has 0 atom stereocenters. The molecule has 0 saturated carbocycles. The largest absolute Gasteiger partial charge is 0.355 e. The lowest BCUT2D eigenvalue weighted by Crippen LogP contribution is -2.32. The minimum Gasteiger partial charge on any atom is -0.355 e. The number of aryl methyl sites for hydroxylation is 2. The fourth-order valence-corrected chi connectivity index (χ4v) is 3.18. The highest BCUT2D eigenvalue weighted by Gasteiger charge is 2.17. The number of ketones is 1. The van der Waals surface area contributed by atoms with Crippen LogP contribution in [0.3, 0.4) is 0 Å². The smallest absolute Gasteiger partial charge is 0.263 e. The van der Waals surface area contributed by atoms with Gasteiger partial charge in [0, 0.05) is 38.5 Å². The summed E-state index contributed by atoms with van der Waals surface area (Å²) in [6.07, 6.45) is 6.99. The van der Waals surface area contributed by atoms with E-state index < -0.39 is 11.5 Å². The van der Waals surface area contributed by atoms with Crippen LogP contribution in [0.2, 0.25) is 0 Å². The number of benzene rings is 1. The number of hydrogen-bond donors (Lipinski definition) is 1. The van der Waals surface area contributed by atoms with Gasteiger partial charge in [-0.2, -0.15) is 5.10 Å². The Balaban J connectivity index is 1.82. The number of rotatable bonds is 8. The minimum atomic E-state index is -0.498. The van der Waals surface area contributed by atoms with Crippen LogP contribution in [0.15, 0.2) is 59.8 Å².